The third-order valence-electron chi connectivity index (χ3n) is 10.3. The van der Waals surface area contributed by atoms with Gasteiger partial charge in [0.1, 0.15) is 17.5 Å². The van der Waals surface area contributed by atoms with Gasteiger partial charge in [-0.2, -0.15) is 5.26 Å². The van der Waals surface area contributed by atoms with Crippen molar-refractivity contribution in [2.45, 2.75) is 70.2 Å². The van der Waals surface area contributed by atoms with Crippen molar-refractivity contribution in [2.75, 3.05) is 27.5 Å². The molecule has 0 saturated carbocycles. The van der Waals surface area contributed by atoms with Crippen LogP contribution >= 0.6 is 0 Å². The maximum atomic E-state index is 13.4. The SMILES string of the molecule is COc1c(C)cc2c(c1O)[C@H]1[C@@H]3Cc4c(O)c(C)c5c(c4[C@H](CNC(=O)Cc4ccc(OC(C)=O)cc4)N3[C@@H](C#N)[C@H](C2)N1C)OCO5. The Kier molecular flexibility index (Phi) is 7.84. The Bertz CT molecular complexity index is 1870. The van der Waals surface area contributed by atoms with Crippen LogP contribution in [0.1, 0.15) is 58.0 Å². The standard InChI is InChI=1S/C36H38N4O8/c1-17-10-21-12-24-26(14-37)40-25(31(39(24)4)29(21)33(44)34(17)45-5)13-23-30(36-35(46-16-47-36)18(2)32(23)43)27(40)15-38-28(42)11-20-6-8-22(9-7-20)48-19(3)41/h6-10,24-27,31,43-44H,11-13,15-16H2,1-5H3,(H,38,42)/t24-,25-,26-,27-,31+/m0/s1. The first kappa shape index (κ1) is 31.6. The number of methoxy groups -OCH3 is 1. The van der Waals surface area contributed by atoms with E-state index in [-0.39, 0.29) is 55.3 Å². The van der Waals surface area contributed by atoms with Gasteiger partial charge in [-0.05, 0) is 62.6 Å². The highest BCUT2D eigenvalue weighted by Gasteiger charge is 2.56. The number of piperazine rings is 1. The van der Waals surface area contributed by atoms with Crippen LogP contribution in [0.25, 0.3) is 0 Å². The van der Waals surface area contributed by atoms with Crippen LogP contribution in [0.2, 0.25) is 0 Å². The molecule has 4 heterocycles. The lowest BCUT2D eigenvalue weighted by atomic mass is 9.71. The summed E-state index contributed by atoms with van der Waals surface area (Å²) in [5, 5.41) is 37.1. The number of nitrogens with one attached hydrogen (secondary N) is 1. The van der Waals surface area contributed by atoms with Gasteiger partial charge in [0.2, 0.25) is 12.7 Å². The number of benzene rings is 3. The fourth-order valence-electron chi connectivity index (χ4n) is 8.34. The molecule has 4 aliphatic heterocycles. The second kappa shape index (κ2) is 11.9. The molecular formula is C36H38N4O8. The second-order valence-electron chi connectivity index (χ2n) is 13.0. The number of carbonyl (C=O) groups excluding carboxylic acids is 2. The van der Waals surface area contributed by atoms with Crippen LogP contribution in [0.5, 0.6) is 34.5 Å². The molecule has 1 amide bonds. The third kappa shape index (κ3) is 4.88. The van der Waals surface area contributed by atoms with Crippen molar-refractivity contribution in [3.63, 3.8) is 0 Å². The van der Waals surface area contributed by atoms with E-state index in [1.165, 1.54) is 14.0 Å². The monoisotopic (exact) mass is 654 g/mol. The number of phenols is 2. The molecule has 1 fully saturated rings. The van der Waals surface area contributed by atoms with E-state index in [1.807, 2.05) is 20.0 Å². The largest absolute Gasteiger partial charge is 0.507 e. The molecule has 0 aromatic heterocycles. The van der Waals surface area contributed by atoms with Gasteiger partial charge in [-0.25, -0.2) is 0 Å². The summed E-state index contributed by atoms with van der Waals surface area (Å²) in [5.41, 5.74) is 5.21. The first-order valence-corrected chi connectivity index (χ1v) is 16.0. The average molecular weight is 655 g/mol. The van der Waals surface area contributed by atoms with Gasteiger partial charge in [-0.15, -0.1) is 0 Å². The Labute approximate surface area is 278 Å². The van der Waals surface area contributed by atoms with E-state index in [1.54, 1.807) is 31.2 Å². The highest BCUT2D eigenvalue weighted by molar-refractivity contribution is 5.79. The van der Waals surface area contributed by atoms with Crippen molar-refractivity contribution < 1.29 is 38.7 Å². The number of hydrogen-bond acceptors (Lipinski definition) is 11. The summed E-state index contributed by atoms with van der Waals surface area (Å²) >= 11 is 0. The van der Waals surface area contributed by atoms with E-state index in [2.05, 4.69) is 21.2 Å². The van der Waals surface area contributed by atoms with E-state index in [0.29, 0.717) is 52.5 Å². The van der Waals surface area contributed by atoms with Gasteiger partial charge in [0.15, 0.2) is 23.0 Å². The normalized spacial score (nSPS) is 23.7. The molecule has 3 N–H and O–H groups in total. The lowest BCUT2D eigenvalue weighted by molar-refractivity contribution is -0.132. The lowest BCUT2D eigenvalue weighted by Crippen LogP contribution is -2.68. The molecule has 1 saturated heterocycles. The predicted octanol–water partition coefficient (Wildman–Crippen LogP) is 3.51. The molecule has 3 aromatic carbocycles. The summed E-state index contributed by atoms with van der Waals surface area (Å²) in [4.78, 5) is 29.0. The molecule has 12 heteroatoms. The zero-order valence-electron chi connectivity index (χ0n) is 27.5. The van der Waals surface area contributed by atoms with Gasteiger partial charge in [0.25, 0.3) is 0 Å². The number of ether oxygens (including phenoxy) is 4. The number of aryl methyl sites for hydroxylation is 1. The smallest absolute Gasteiger partial charge is 0.308 e. The van der Waals surface area contributed by atoms with Crippen molar-refractivity contribution in [2.24, 2.45) is 0 Å². The molecule has 2 bridgehead atoms. The molecule has 5 atom stereocenters. The number of likely N-dealkylation sites (N-methyl/N-ethyl adjacent to an activating group) is 1. The van der Waals surface area contributed by atoms with Crippen molar-refractivity contribution in [3.05, 3.63) is 69.3 Å². The van der Waals surface area contributed by atoms with Crippen LogP contribution in [0, 0.1) is 25.2 Å². The summed E-state index contributed by atoms with van der Waals surface area (Å²) in [7, 11) is 3.52. The van der Waals surface area contributed by atoms with Gasteiger partial charge >= 0.3 is 5.97 Å². The van der Waals surface area contributed by atoms with Crippen LogP contribution in [0.3, 0.4) is 0 Å². The third-order valence-corrected chi connectivity index (χ3v) is 10.3. The van der Waals surface area contributed by atoms with E-state index in [4.69, 9.17) is 18.9 Å². The number of rotatable bonds is 6. The highest BCUT2D eigenvalue weighted by atomic mass is 16.7. The van der Waals surface area contributed by atoms with E-state index in [9.17, 15) is 25.1 Å². The Morgan fingerprint density at radius 1 is 1.06 bits per heavy atom. The topological polar surface area (TPSA) is 154 Å². The summed E-state index contributed by atoms with van der Waals surface area (Å²) in [6.07, 6.45) is 0.983. The molecule has 0 unspecified atom stereocenters. The summed E-state index contributed by atoms with van der Waals surface area (Å²) < 4.78 is 22.6. The lowest BCUT2D eigenvalue weighted by Gasteiger charge is -2.60. The van der Waals surface area contributed by atoms with Crippen LogP contribution in [-0.2, 0) is 28.9 Å². The van der Waals surface area contributed by atoms with Crippen LogP contribution in [0.4, 0.5) is 0 Å². The minimum atomic E-state index is -0.584. The number of fused-ring (bicyclic) bond motifs is 9. The number of phenolic OH excluding ortho intramolecular Hbond substituents is 2. The van der Waals surface area contributed by atoms with Gasteiger partial charge in [0, 0.05) is 47.8 Å². The quantitative estimate of drug-likeness (QED) is 0.264. The van der Waals surface area contributed by atoms with Crippen LogP contribution in [-0.4, -0.2) is 77.5 Å². The van der Waals surface area contributed by atoms with Gasteiger partial charge in [-0.3, -0.25) is 19.4 Å². The number of carbonyl (C=O) groups is 2. The molecule has 0 radical (unpaired) electrons. The summed E-state index contributed by atoms with van der Waals surface area (Å²) in [5.74, 6) is 1.29. The Balaban J connectivity index is 1.30. The van der Waals surface area contributed by atoms with Crippen molar-refractivity contribution in [1.29, 1.82) is 5.26 Å². The van der Waals surface area contributed by atoms with Gasteiger partial charge < -0.3 is 34.5 Å². The minimum Gasteiger partial charge on any atom is -0.507 e. The number of amides is 1. The minimum absolute atomic E-state index is 0.00598. The first-order valence-electron chi connectivity index (χ1n) is 16.0. The fraction of sp³-hybridized carbons (Fsp3) is 0.417. The highest BCUT2D eigenvalue weighted by Crippen LogP contribution is 2.58. The number of esters is 1. The summed E-state index contributed by atoms with van der Waals surface area (Å²) in [6, 6.07) is 9.31. The molecule has 7 rings (SSSR count). The van der Waals surface area contributed by atoms with Crippen LogP contribution in [0.15, 0.2) is 30.3 Å². The molecule has 0 spiro atoms. The average Bonchev–Trinajstić information content (AvgIpc) is 3.54. The molecule has 4 aliphatic rings. The van der Waals surface area contributed by atoms with E-state index >= 15 is 0 Å². The molecule has 48 heavy (non-hydrogen) atoms. The number of nitriles is 1. The zero-order valence-corrected chi connectivity index (χ0v) is 27.5. The second-order valence-corrected chi connectivity index (χ2v) is 13.0. The first-order chi connectivity index (χ1) is 23.0. The number of aromatic hydroxyl groups is 2. The number of nitrogens with zero attached hydrogens (tertiary/aromatic N) is 3. The van der Waals surface area contributed by atoms with Gasteiger partial charge in [0.05, 0.1) is 31.7 Å². The Morgan fingerprint density at radius 3 is 2.48 bits per heavy atom. The van der Waals surface area contributed by atoms with E-state index in [0.717, 1.165) is 22.3 Å². The molecule has 0 aliphatic carbocycles. The number of hydrogen-bond donors (Lipinski definition) is 3. The van der Waals surface area contributed by atoms with Crippen molar-refractivity contribution in [1.82, 2.24) is 15.1 Å². The Morgan fingerprint density at radius 2 is 1.79 bits per heavy atom. The molecular weight excluding hydrogens is 616 g/mol. The van der Waals surface area contributed by atoms with Crippen molar-refractivity contribution in [3.8, 4) is 40.6 Å². The molecule has 250 valence electrons. The predicted molar refractivity (Wildman–Crippen MR) is 172 cm³/mol. The van der Waals surface area contributed by atoms with E-state index < -0.39 is 18.1 Å². The maximum absolute atomic E-state index is 13.4. The zero-order chi connectivity index (χ0) is 34.0. The molecule has 3 aromatic rings. The van der Waals surface area contributed by atoms with Gasteiger partial charge in [-0.1, -0.05) is 18.2 Å². The summed E-state index contributed by atoms with van der Waals surface area (Å²) in [6.45, 7) is 5.13. The Hall–Kier alpha value is -4.99. The molecule has 12 nitrogen and oxygen atoms in total. The fourth-order valence-corrected chi connectivity index (χ4v) is 8.34. The van der Waals surface area contributed by atoms with Crippen molar-refractivity contribution >= 4 is 11.9 Å². The van der Waals surface area contributed by atoms with Crippen LogP contribution < -0.4 is 24.3 Å². The maximum Gasteiger partial charge on any atom is 0.308 e.